The summed E-state index contributed by atoms with van der Waals surface area (Å²) in [5.41, 5.74) is 8.34. The molecule has 0 radical (unpaired) electrons. The summed E-state index contributed by atoms with van der Waals surface area (Å²) >= 11 is 0. The molecule has 0 aromatic rings. The lowest BCUT2D eigenvalue weighted by atomic mass is 9.81. The molecule has 6 nitrogen and oxygen atoms in total. The molecule has 1 saturated heterocycles. The van der Waals surface area contributed by atoms with Gasteiger partial charge in [-0.05, 0) is 30.7 Å². The first-order valence-electron chi connectivity index (χ1n) is 5.98. The van der Waals surface area contributed by atoms with Gasteiger partial charge in [0, 0.05) is 24.6 Å². The third kappa shape index (κ3) is 4.24. The smallest absolute Gasteiger partial charge is 0.228 e. The van der Waals surface area contributed by atoms with Crippen molar-refractivity contribution in [1.82, 2.24) is 4.90 Å². The molecule has 1 fully saturated rings. The standard InChI is InChI=1S/C11H20N4O2/c1-3-17-9-11(2)4-6-15(7-5-11)10(16)8-13-14-12/h3-9H2,1-2H3. The molecule has 0 bridgehead atoms. The van der Waals surface area contributed by atoms with Gasteiger partial charge in [0.2, 0.25) is 5.91 Å². The number of hydrogen-bond donors (Lipinski definition) is 0. The number of hydrogen-bond acceptors (Lipinski definition) is 3. The van der Waals surface area contributed by atoms with Crippen molar-refractivity contribution < 1.29 is 9.53 Å². The molecule has 0 unspecified atom stereocenters. The Morgan fingerprint density at radius 3 is 2.71 bits per heavy atom. The maximum Gasteiger partial charge on any atom is 0.228 e. The zero-order valence-corrected chi connectivity index (χ0v) is 10.6. The molecule has 1 heterocycles. The fraction of sp³-hybridized carbons (Fsp3) is 0.909. The van der Waals surface area contributed by atoms with E-state index >= 15 is 0 Å². The van der Waals surface area contributed by atoms with Crippen molar-refractivity contribution in [2.24, 2.45) is 10.5 Å². The van der Waals surface area contributed by atoms with Gasteiger partial charge in [-0.2, -0.15) is 0 Å². The van der Waals surface area contributed by atoms with Gasteiger partial charge in [0.05, 0.1) is 6.61 Å². The zero-order valence-electron chi connectivity index (χ0n) is 10.6. The Kier molecular flexibility index (Phi) is 5.25. The van der Waals surface area contributed by atoms with Gasteiger partial charge < -0.3 is 9.64 Å². The van der Waals surface area contributed by atoms with Crippen LogP contribution in [0.1, 0.15) is 26.7 Å². The molecule has 0 atom stereocenters. The maximum absolute atomic E-state index is 11.6. The van der Waals surface area contributed by atoms with Crippen molar-refractivity contribution in [3.05, 3.63) is 10.4 Å². The Hall–Kier alpha value is -1.26. The maximum atomic E-state index is 11.6. The first kappa shape index (κ1) is 13.8. The number of azide groups is 1. The minimum atomic E-state index is -0.0822. The molecule has 6 heteroatoms. The van der Waals surface area contributed by atoms with Gasteiger partial charge in [-0.15, -0.1) is 0 Å². The van der Waals surface area contributed by atoms with Crippen LogP contribution in [0.4, 0.5) is 0 Å². The third-order valence-corrected chi connectivity index (χ3v) is 3.25. The molecule has 17 heavy (non-hydrogen) atoms. The van der Waals surface area contributed by atoms with Crippen LogP contribution < -0.4 is 0 Å². The first-order valence-corrected chi connectivity index (χ1v) is 5.98. The lowest BCUT2D eigenvalue weighted by Crippen LogP contribution is -2.44. The topological polar surface area (TPSA) is 78.3 Å². The monoisotopic (exact) mass is 240 g/mol. The number of carbonyl (C=O) groups is 1. The quantitative estimate of drug-likeness (QED) is 0.418. The van der Waals surface area contributed by atoms with Crippen LogP contribution in [0.3, 0.4) is 0 Å². The fourth-order valence-corrected chi connectivity index (χ4v) is 1.98. The molecule has 1 amide bonds. The van der Waals surface area contributed by atoms with Gasteiger partial charge in [-0.3, -0.25) is 4.79 Å². The van der Waals surface area contributed by atoms with Crippen LogP contribution in [0.25, 0.3) is 10.4 Å². The first-order chi connectivity index (χ1) is 8.11. The highest BCUT2D eigenvalue weighted by atomic mass is 16.5. The van der Waals surface area contributed by atoms with E-state index in [4.69, 9.17) is 10.3 Å². The molecule has 1 aliphatic heterocycles. The highest BCUT2D eigenvalue weighted by Crippen LogP contribution is 2.31. The van der Waals surface area contributed by atoms with Gasteiger partial charge in [-0.1, -0.05) is 12.0 Å². The van der Waals surface area contributed by atoms with Crippen molar-refractivity contribution in [1.29, 1.82) is 0 Å². The van der Waals surface area contributed by atoms with Crippen molar-refractivity contribution in [2.75, 3.05) is 32.8 Å². The predicted molar refractivity (Wildman–Crippen MR) is 64.4 cm³/mol. The van der Waals surface area contributed by atoms with Crippen molar-refractivity contribution >= 4 is 5.91 Å². The summed E-state index contributed by atoms with van der Waals surface area (Å²) in [5.74, 6) is -0.0822. The molecule has 1 aliphatic rings. The molecule has 0 N–H and O–H groups in total. The number of ether oxygens (including phenoxy) is 1. The van der Waals surface area contributed by atoms with E-state index in [-0.39, 0.29) is 17.9 Å². The largest absolute Gasteiger partial charge is 0.381 e. The summed E-state index contributed by atoms with van der Waals surface area (Å²) in [6.45, 7) is 7.04. The Bertz CT molecular complexity index is 305. The molecule has 96 valence electrons. The second-order valence-corrected chi connectivity index (χ2v) is 4.72. The molecule has 0 aromatic carbocycles. The van der Waals surface area contributed by atoms with Crippen LogP contribution in [0, 0.1) is 5.41 Å². The molecular weight excluding hydrogens is 220 g/mol. The number of piperidine rings is 1. The third-order valence-electron chi connectivity index (χ3n) is 3.25. The molecule has 0 spiro atoms. The van der Waals surface area contributed by atoms with E-state index in [1.165, 1.54) is 0 Å². The number of nitrogens with zero attached hydrogens (tertiary/aromatic N) is 4. The number of amides is 1. The summed E-state index contributed by atoms with van der Waals surface area (Å²) in [6.07, 6.45) is 1.88. The van der Waals surface area contributed by atoms with E-state index in [1.54, 1.807) is 4.90 Å². The van der Waals surface area contributed by atoms with Gasteiger partial charge in [-0.25, -0.2) is 0 Å². The van der Waals surface area contributed by atoms with Crippen LogP contribution in [-0.2, 0) is 9.53 Å². The van der Waals surface area contributed by atoms with Gasteiger partial charge in [0.15, 0.2) is 0 Å². The number of carbonyl (C=O) groups excluding carboxylic acids is 1. The lowest BCUT2D eigenvalue weighted by Gasteiger charge is -2.39. The minimum Gasteiger partial charge on any atom is -0.381 e. The normalized spacial score (nSPS) is 18.6. The zero-order chi connectivity index (χ0) is 12.7. The van der Waals surface area contributed by atoms with Crippen molar-refractivity contribution in [3.63, 3.8) is 0 Å². The van der Waals surface area contributed by atoms with Crippen molar-refractivity contribution in [3.8, 4) is 0 Å². The highest BCUT2D eigenvalue weighted by Gasteiger charge is 2.31. The van der Waals surface area contributed by atoms with Gasteiger partial charge in [0.25, 0.3) is 0 Å². The van der Waals surface area contributed by atoms with E-state index in [0.717, 1.165) is 39.1 Å². The predicted octanol–water partition coefficient (Wildman–Crippen LogP) is 1.96. The van der Waals surface area contributed by atoms with E-state index in [1.807, 2.05) is 6.92 Å². The number of likely N-dealkylation sites (tertiary alicyclic amines) is 1. The van der Waals surface area contributed by atoms with Crippen LogP contribution in [-0.4, -0.2) is 43.7 Å². The van der Waals surface area contributed by atoms with E-state index in [9.17, 15) is 4.79 Å². The van der Waals surface area contributed by atoms with Gasteiger partial charge >= 0.3 is 0 Å². The van der Waals surface area contributed by atoms with E-state index in [0.29, 0.717) is 0 Å². The average molecular weight is 240 g/mol. The van der Waals surface area contributed by atoms with Crippen molar-refractivity contribution in [2.45, 2.75) is 26.7 Å². The molecule has 0 saturated carbocycles. The summed E-state index contributed by atoms with van der Waals surface area (Å²) < 4.78 is 5.47. The van der Waals surface area contributed by atoms with Crippen LogP contribution in [0.2, 0.25) is 0 Å². The van der Waals surface area contributed by atoms with Gasteiger partial charge in [0.1, 0.15) is 6.54 Å². The Morgan fingerprint density at radius 2 is 2.18 bits per heavy atom. The second kappa shape index (κ2) is 6.47. The Morgan fingerprint density at radius 1 is 1.53 bits per heavy atom. The summed E-state index contributed by atoms with van der Waals surface area (Å²) in [5, 5.41) is 3.30. The summed E-state index contributed by atoms with van der Waals surface area (Å²) in [4.78, 5) is 16.0. The Balaban J connectivity index is 2.39. The van der Waals surface area contributed by atoms with Crippen LogP contribution >= 0.6 is 0 Å². The number of rotatable bonds is 5. The van der Waals surface area contributed by atoms with E-state index < -0.39 is 0 Å². The summed E-state index contributed by atoms with van der Waals surface area (Å²) in [7, 11) is 0. The minimum absolute atomic E-state index is 0.0708. The molecular formula is C11H20N4O2. The second-order valence-electron chi connectivity index (χ2n) is 4.72. The highest BCUT2D eigenvalue weighted by molar-refractivity contribution is 5.78. The molecule has 1 rings (SSSR count). The van der Waals surface area contributed by atoms with E-state index in [2.05, 4.69) is 16.9 Å². The summed E-state index contributed by atoms with van der Waals surface area (Å²) in [6, 6.07) is 0. The van der Waals surface area contributed by atoms with Crippen LogP contribution in [0.15, 0.2) is 5.11 Å². The Labute approximate surface area is 102 Å². The molecule has 0 aliphatic carbocycles. The fourth-order valence-electron chi connectivity index (χ4n) is 1.98. The lowest BCUT2D eigenvalue weighted by molar-refractivity contribution is -0.132. The average Bonchev–Trinajstić information content (AvgIpc) is 2.34. The van der Waals surface area contributed by atoms with Crippen LogP contribution in [0.5, 0.6) is 0 Å². The molecule has 0 aromatic heterocycles. The SMILES string of the molecule is CCOCC1(C)CCN(C(=O)CN=[N+]=[N-])CC1.